The highest BCUT2D eigenvalue weighted by Gasteiger charge is 2.22. The van der Waals surface area contributed by atoms with E-state index in [4.69, 9.17) is 16.6 Å². The normalized spacial score (nSPS) is 12.6. The molecule has 3 heteroatoms. The van der Waals surface area contributed by atoms with Crippen LogP contribution >= 0.6 is 11.6 Å². The number of nitrogens with zero attached hydrogens (tertiary/aromatic N) is 1. The summed E-state index contributed by atoms with van der Waals surface area (Å²) in [4.78, 5) is 17.5. The van der Waals surface area contributed by atoms with E-state index in [1.807, 2.05) is 78.9 Å². The first-order valence-corrected chi connectivity index (χ1v) is 9.11. The molecule has 1 aliphatic rings. The Bertz CT molecular complexity index is 1220. The van der Waals surface area contributed by atoms with Gasteiger partial charge in [0, 0.05) is 38.0 Å². The predicted molar refractivity (Wildman–Crippen MR) is 111 cm³/mol. The molecule has 0 spiro atoms. The Hall–Kier alpha value is -3.23. The van der Waals surface area contributed by atoms with Gasteiger partial charge in [0.15, 0.2) is 5.78 Å². The average molecular weight is 368 g/mol. The van der Waals surface area contributed by atoms with Crippen LogP contribution < -0.4 is 0 Å². The minimum Gasteiger partial charge on any atom is -0.289 e. The number of benzene rings is 3. The molecule has 2 nitrogen and oxygen atoms in total. The van der Waals surface area contributed by atoms with E-state index in [9.17, 15) is 4.79 Å². The first kappa shape index (κ1) is 16.0. The molecule has 0 bridgehead atoms. The zero-order chi connectivity index (χ0) is 18.4. The molecule has 3 aromatic carbocycles. The first-order valence-electron chi connectivity index (χ1n) is 8.73. The Labute approximate surface area is 161 Å². The molecule has 27 heavy (non-hydrogen) atoms. The Balaban J connectivity index is 1.93. The first-order chi connectivity index (χ1) is 13.2. The molecule has 4 aromatic rings. The van der Waals surface area contributed by atoms with Crippen molar-refractivity contribution in [3.63, 3.8) is 0 Å². The summed E-state index contributed by atoms with van der Waals surface area (Å²) in [5, 5.41) is 2.63. The van der Waals surface area contributed by atoms with E-state index in [-0.39, 0.29) is 5.78 Å². The Morgan fingerprint density at radius 1 is 0.704 bits per heavy atom. The molecule has 0 N–H and O–H groups in total. The largest absolute Gasteiger partial charge is 0.289 e. The maximum atomic E-state index is 12.5. The van der Waals surface area contributed by atoms with Gasteiger partial charge in [0.25, 0.3) is 0 Å². The van der Waals surface area contributed by atoms with Gasteiger partial charge in [-0.2, -0.15) is 0 Å². The molecule has 0 atom stereocenters. The molecule has 1 aliphatic carbocycles. The molecule has 0 saturated heterocycles. The number of halogens is 1. The van der Waals surface area contributed by atoms with Gasteiger partial charge >= 0.3 is 0 Å². The van der Waals surface area contributed by atoms with Crippen LogP contribution in [-0.2, 0) is 0 Å². The highest BCUT2D eigenvalue weighted by atomic mass is 35.5. The lowest BCUT2D eigenvalue weighted by atomic mass is 9.88. The van der Waals surface area contributed by atoms with E-state index in [1.54, 1.807) is 6.08 Å². The standard InChI is InChI=1S/C24H14ClNO/c25-17-11-9-16(10-12-17)24-20-13-14-21(27)18-7-4-8-19(22(18)20)23(26-24)15-5-2-1-3-6-15/h1-14H. The fourth-order valence-corrected chi connectivity index (χ4v) is 3.78. The Kier molecular flexibility index (Phi) is 3.66. The summed E-state index contributed by atoms with van der Waals surface area (Å²) < 4.78 is 0. The summed E-state index contributed by atoms with van der Waals surface area (Å²) in [7, 11) is 0. The summed E-state index contributed by atoms with van der Waals surface area (Å²) >= 11 is 6.07. The third-order valence-corrected chi connectivity index (χ3v) is 5.15. The van der Waals surface area contributed by atoms with Crippen LogP contribution in [-0.4, -0.2) is 10.8 Å². The topological polar surface area (TPSA) is 30.0 Å². The minimum atomic E-state index is 0.0281. The number of aromatic nitrogens is 1. The number of pyridine rings is 1. The smallest absolute Gasteiger partial charge is 0.186 e. The zero-order valence-electron chi connectivity index (χ0n) is 14.3. The van der Waals surface area contributed by atoms with Crippen LogP contribution in [0.5, 0.6) is 0 Å². The quantitative estimate of drug-likeness (QED) is 0.408. The Morgan fingerprint density at radius 3 is 2.22 bits per heavy atom. The van der Waals surface area contributed by atoms with E-state index >= 15 is 0 Å². The lowest BCUT2D eigenvalue weighted by Crippen LogP contribution is -2.05. The number of hydrogen-bond donors (Lipinski definition) is 0. The van der Waals surface area contributed by atoms with Gasteiger partial charge < -0.3 is 0 Å². The summed E-state index contributed by atoms with van der Waals surface area (Å²) in [6.07, 6.45) is 3.50. The van der Waals surface area contributed by atoms with Gasteiger partial charge in [-0.25, -0.2) is 4.98 Å². The summed E-state index contributed by atoms with van der Waals surface area (Å²) in [5.41, 5.74) is 5.43. The molecule has 5 rings (SSSR count). The second kappa shape index (κ2) is 6.19. The van der Waals surface area contributed by atoms with Crippen molar-refractivity contribution in [2.45, 2.75) is 0 Å². The lowest BCUT2D eigenvalue weighted by Gasteiger charge is -2.18. The molecular formula is C24H14ClNO. The molecule has 0 amide bonds. The van der Waals surface area contributed by atoms with Crippen molar-refractivity contribution in [2.75, 3.05) is 0 Å². The molecule has 0 radical (unpaired) electrons. The lowest BCUT2D eigenvalue weighted by molar-refractivity contribution is 0.104. The van der Waals surface area contributed by atoms with E-state index in [0.29, 0.717) is 5.02 Å². The van der Waals surface area contributed by atoms with E-state index in [2.05, 4.69) is 0 Å². The number of hydrogen-bond acceptors (Lipinski definition) is 2. The second-order valence-electron chi connectivity index (χ2n) is 6.52. The summed E-state index contributed by atoms with van der Waals surface area (Å²) in [5.74, 6) is 0.0281. The fraction of sp³-hybridized carbons (Fsp3) is 0. The second-order valence-corrected chi connectivity index (χ2v) is 6.96. The van der Waals surface area contributed by atoms with Crippen molar-refractivity contribution in [3.8, 4) is 22.5 Å². The van der Waals surface area contributed by atoms with Crippen molar-refractivity contribution in [1.29, 1.82) is 0 Å². The molecule has 0 fully saturated rings. The van der Waals surface area contributed by atoms with Crippen molar-refractivity contribution in [1.82, 2.24) is 4.98 Å². The minimum absolute atomic E-state index is 0.0281. The number of carbonyl (C=O) groups is 1. The van der Waals surface area contributed by atoms with Crippen LogP contribution in [0, 0.1) is 0 Å². The molecule has 0 aliphatic heterocycles. The maximum Gasteiger partial charge on any atom is 0.186 e. The SMILES string of the molecule is O=C1C=Cc2c(-c3ccc(Cl)cc3)nc(-c3ccccc3)c3cccc1c23. The van der Waals surface area contributed by atoms with Crippen molar-refractivity contribution in [3.05, 3.63) is 95.0 Å². The number of rotatable bonds is 2. The van der Waals surface area contributed by atoms with Crippen LogP contribution in [0.2, 0.25) is 5.02 Å². The highest BCUT2D eigenvalue weighted by molar-refractivity contribution is 6.30. The van der Waals surface area contributed by atoms with Crippen molar-refractivity contribution >= 4 is 34.2 Å². The molecule has 128 valence electrons. The maximum absolute atomic E-state index is 12.5. The van der Waals surface area contributed by atoms with Gasteiger partial charge in [0.2, 0.25) is 0 Å². The molecular weight excluding hydrogens is 354 g/mol. The van der Waals surface area contributed by atoms with E-state index in [0.717, 1.165) is 44.4 Å². The van der Waals surface area contributed by atoms with E-state index in [1.165, 1.54) is 0 Å². The van der Waals surface area contributed by atoms with Gasteiger partial charge in [0.05, 0.1) is 11.4 Å². The molecule has 1 aromatic heterocycles. The predicted octanol–water partition coefficient (Wildman–Crippen LogP) is 6.43. The van der Waals surface area contributed by atoms with Crippen LogP contribution in [0.15, 0.2) is 78.9 Å². The number of allylic oxidation sites excluding steroid dienone is 1. The van der Waals surface area contributed by atoms with Crippen LogP contribution in [0.3, 0.4) is 0 Å². The number of ketones is 1. The van der Waals surface area contributed by atoms with Gasteiger partial charge in [-0.15, -0.1) is 0 Å². The summed E-state index contributed by atoms with van der Waals surface area (Å²) in [6.45, 7) is 0. The van der Waals surface area contributed by atoms with Crippen LogP contribution in [0.1, 0.15) is 15.9 Å². The monoisotopic (exact) mass is 367 g/mol. The van der Waals surface area contributed by atoms with Gasteiger partial charge in [-0.05, 0) is 24.3 Å². The average Bonchev–Trinajstić information content (AvgIpc) is 2.72. The van der Waals surface area contributed by atoms with Crippen LogP contribution in [0.4, 0.5) is 0 Å². The van der Waals surface area contributed by atoms with E-state index < -0.39 is 0 Å². The fourth-order valence-electron chi connectivity index (χ4n) is 3.65. The molecule has 0 unspecified atom stereocenters. The van der Waals surface area contributed by atoms with Crippen LogP contribution in [0.25, 0.3) is 39.4 Å². The third kappa shape index (κ3) is 2.57. The number of carbonyl (C=O) groups excluding carboxylic acids is 1. The van der Waals surface area contributed by atoms with Crippen molar-refractivity contribution < 1.29 is 4.79 Å². The molecule has 1 heterocycles. The van der Waals surface area contributed by atoms with Gasteiger partial charge in [-0.3, -0.25) is 4.79 Å². The van der Waals surface area contributed by atoms with Crippen molar-refractivity contribution in [2.24, 2.45) is 0 Å². The molecule has 0 saturated carbocycles. The summed E-state index contributed by atoms with van der Waals surface area (Å²) in [6, 6.07) is 23.6. The highest BCUT2D eigenvalue weighted by Crippen LogP contribution is 2.39. The van der Waals surface area contributed by atoms with Gasteiger partial charge in [0.1, 0.15) is 0 Å². The Morgan fingerprint density at radius 2 is 1.44 bits per heavy atom. The zero-order valence-corrected chi connectivity index (χ0v) is 15.1. The van der Waals surface area contributed by atoms with Gasteiger partial charge in [-0.1, -0.05) is 72.3 Å². The third-order valence-electron chi connectivity index (χ3n) is 4.90.